The number of nitrogen functional groups attached to an aromatic ring is 1. The molecule has 1 heterocycles. The van der Waals surface area contributed by atoms with Crippen molar-refractivity contribution >= 4 is 5.69 Å². The van der Waals surface area contributed by atoms with Gasteiger partial charge in [0.25, 0.3) is 0 Å². The van der Waals surface area contributed by atoms with Crippen LogP contribution in [0.3, 0.4) is 0 Å². The molecule has 2 N–H and O–H groups in total. The van der Waals surface area contributed by atoms with E-state index in [0.717, 1.165) is 0 Å². The molecule has 0 spiro atoms. The normalized spacial score (nSPS) is 12.6. The van der Waals surface area contributed by atoms with E-state index < -0.39 is 0 Å². The van der Waals surface area contributed by atoms with Gasteiger partial charge in [-0.2, -0.15) is 5.10 Å². The first kappa shape index (κ1) is 8.81. The van der Waals surface area contributed by atoms with Gasteiger partial charge >= 0.3 is 0 Å². The Labute approximate surface area is 83.2 Å². The zero-order valence-corrected chi connectivity index (χ0v) is 8.09. The molecule has 0 bridgehead atoms. The van der Waals surface area contributed by atoms with Crippen molar-refractivity contribution in [1.82, 2.24) is 9.78 Å². The van der Waals surface area contributed by atoms with Crippen molar-refractivity contribution in [2.45, 2.75) is 13.0 Å². The predicted molar refractivity (Wildman–Crippen MR) is 56.9 cm³/mol. The third-order valence-corrected chi connectivity index (χ3v) is 2.30. The average molecular weight is 187 g/mol. The van der Waals surface area contributed by atoms with Crippen molar-refractivity contribution in [1.29, 1.82) is 0 Å². The summed E-state index contributed by atoms with van der Waals surface area (Å²) in [5, 5.41) is 4.18. The van der Waals surface area contributed by atoms with Gasteiger partial charge in [0.05, 0.1) is 17.9 Å². The van der Waals surface area contributed by atoms with Gasteiger partial charge in [0.1, 0.15) is 0 Å². The van der Waals surface area contributed by atoms with Gasteiger partial charge in [-0.15, -0.1) is 0 Å². The Morgan fingerprint density at radius 3 is 2.57 bits per heavy atom. The Kier molecular flexibility index (Phi) is 2.23. The number of hydrogen-bond acceptors (Lipinski definition) is 2. The lowest BCUT2D eigenvalue weighted by Crippen LogP contribution is -2.06. The van der Waals surface area contributed by atoms with Gasteiger partial charge in [0, 0.05) is 6.20 Å². The molecule has 0 aliphatic rings. The highest BCUT2D eigenvalue weighted by Gasteiger charge is 2.07. The topological polar surface area (TPSA) is 43.8 Å². The van der Waals surface area contributed by atoms with Gasteiger partial charge < -0.3 is 5.73 Å². The fraction of sp³-hybridized carbons (Fsp3) is 0.182. The quantitative estimate of drug-likeness (QED) is 0.782. The van der Waals surface area contributed by atoms with E-state index in [-0.39, 0.29) is 6.04 Å². The molecule has 72 valence electrons. The maximum Gasteiger partial charge on any atom is 0.0741 e. The van der Waals surface area contributed by atoms with Crippen LogP contribution in [0.1, 0.15) is 18.5 Å². The number of hydrogen-bond donors (Lipinski definition) is 1. The molecule has 1 unspecified atom stereocenters. The number of benzene rings is 1. The molecule has 2 rings (SSSR count). The Morgan fingerprint density at radius 2 is 2.00 bits per heavy atom. The van der Waals surface area contributed by atoms with E-state index in [1.165, 1.54) is 5.56 Å². The van der Waals surface area contributed by atoms with Crippen molar-refractivity contribution < 1.29 is 0 Å². The van der Waals surface area contributed by atoms with E-state index in [1.54, 1.807) is 6.20 Å². The van der Waals surface area contributed by atoms with E-state index in [9.17, 15) is 0 Å². The molecular formula is C11H13N3. The number of rotatable bonds is 2. The van der Waals surface area contributed by atoms with E-state index in [1.807, 2.05) is 29.1 Å². The van der Waals surface area contributed by atoms with Crippen molar-refractivity contribution in [2.24, 2.45) is 0 Å². The third kappa shape index (κ3) is 1.62. The van der Waals surface area contributed by atoms with Gasteiger partial charge in [0.15, 0.2) is 0 Å². The minimum absolute atomic E-state index is 0.230. The highest BCUT2D eigenvalue weighted by Crippen LogP contribution is 2.17. The molecule has 0 radical (unpaired) electrons. The van der Waals surface area contributed by atoms with Gasteiger partial charge in [-0.3, -0.25) is 4.68 Å². The lowest BCUT2D eigenvalue weighted by Gasteiger charge is -2.11. The zero-order chi connectivity index (χ0) is 9.97. The summed E-state index contributed by atoms with van der Waals surface area (Å²) in [6, 6.07) is 10.5. The first-order valence-electron chi connectivity index (χ1n) is 4.62. The van der Waals surface area contributed by atoms with Crippen LogP contribution in [0.4, 0.5) is 5.69 Å². The Morgan fingerprint density at radius 1 is 1.29 bits per heavy atom. The second kappa shape index (κ2) is 3.54. The molecule has 0 aliphatic heterocycles. The molecule has 0 aliphatic carbocycles. The number of nitrogens with two attached hydrogens (primary N) is 1. The van der Waals surface area contributed by atoms with Gasteiger partial charge in [-0.25, -0.2) is 0 Å². The molecule has 0 saturated carbocycles. The molecule has 0 fully saturated rings. The van der Waals surface area contributed by atoms with Crippen LogP contribution in [-0.2, 0) is 0 Å². The molecule has 0 saturated heterocycles. The summed E-state index contributed by atoms with van der Waals surface area (Å²) in [7, 11) is 0. The van der Waals surface area contributed by atoms with E-state index in [0.29, 0.717) is 5.69 Å². The van der Waals surface area contributed by atoms with Crippen LogP contribution >= 0.6 is 0 Å². The number of anilines is 1. The van der Waals surface area contributed by atoms with Crippen molar-refractivity contribution in [3.05, 3.63) is 48.3 Å². The zero-order valence-electron chi connectivity index (χ0n) is 8.09. The lowest BCUT2D eigenvalue weighted by atomic mass is 10.1. The summed E-state index contributed by atoms with van der Waals surface area (Å²) in [6.07, 6.45) is 3.51. The van der Waals surface area contributed by atoms with Crippen LogP contribution in [0.15, 0.2) is 42.7 Å². The maximum atomic E-state index is 5.61. The van der Waals surface area contributed by atoms with Gasteiger partial charge in [-0.1, -0.05) is 30.3 Å². The highest BCUT2D eigenvalue weighted by molar-refractivity contribution is 5.31. The monoisotopic (exact) mass is 187 g/mol. The molecule has 1 atom stereocenters. The standard InChI is InChI=1S/C11H13N3/c1-9(10-5-3-2-4-6-10)14-8-11(12)7-13-14/h2-9H,12H2,1H3. The minimum Gasteiger partial charge on any atom is -0.396 e. The third-order valence-electron chi connectivity index (χ3n) is 2.30. The molecule has 3 nitrogen and oxygen atoms in total. The van der Waals surface area contributed by atoms with Crippen LogP contribution < -0.4 is 5.73 Å². The SMILES string of the molecule is CC(c1ccccc1)n1cc(N)cn1. The lowest BCUT2D eigenvalue weighted by molar-refractivity contribution is 0.565. The van der Waals surface area contributed by atoms with E-state index >= 15 is 0 Å². The fourth-order valence-electron chi connectivity index (χ4n) is 1.45. The first-order chi connectivity index (χ1) is 6.77. The van der Waals surface area contributed by atoms with Crippen LogP contribution in [0, 0.1) is 0 Å². The second-order valence-electron chi connectivity index (χ2n) is 3.34. The van der Waals surface area contributed by atoms with Crippen LogP contribution in [0.5, 0.6) is 0 Å². The summed E-state index contributed by atoms with van der Waals surface area (Å²) in [6.45, 7) is 2.10. The molecule has 3 heteroatoms. The average Bonchev–Trinajstić information content (AvgIpc) is 2.65. The number of nitrogens with zero attached hydrogens (tertiary/aromatic N) is 2. The van der Waals surface area contributed by atoms with Crippen molar-refractivity contribution in [2.75, 3.05) is 5.73 Å². The molecule has 2 aromatic rings. The second-order valence-corrected chi connectivity index (χ2v) is 3.34. The smallest absolute Gasteiger partial charge is 0.0741 e. The molecular weight excluding hydrogens is 174 g/mol. The fourth-order valence-corrected chi connectivity index (χ4v) is 1.45. The van der Waals surface area contributed by atoms with Crippen molar-refractivity contribution in [3.8, 4) is 0 Å². The minimum atomic E-state index is 0.230. The van der Waals surface area contributed by atoms with Gasteiger partial charge in [-0.05, 0) is 12.5 Å². The predicted octanol–water partition coefficient (Wildman–Crippen LogP) is 2.07. The van der Waals surface area contributed by atoms with Gasteiger partial charge in [0.2, 0.25) is 0 Å². The number of aromatic nitrogens is 2. The maximum absolute atomic E-state index is 5.61. The van der Waals surface area contributed by atoms with Crippen LogP contribution in [-0.4, -0.2) is 9.78 Å². The molecule has 14 heavy (non-hydrogen) atoms. The van der Waals surface area contributed by atoms with E-state index in [2.05, 4.69) is 24.2 Å². The Bertz CT molecular complexity index is 405. The Hall–Kier alpha value is -1.77. The van der Waals surface area contributed by atoms with Crippen molar-refractivity contribution in [3.63, 3.8) is 0 Å². The summed E-state index contributed by atoms with van der Waals surface area (Å²) in [5.74, 6) is 0. The van der Waals surface area contributed by atoms with Crippen LogP contribution in [0.2, 0.25) is 0 Å². The van der Waals surface area contributed by atoms with Crippen LogP contribution in [0.25, 0.3) is 0 Å². The highest BCUT2D eigenvalue weighted by atomic mass is 15.3. The first-order valence-corrected chi connectivity index (χ1v) is 4.62. The Balaban J connectivity index is 2.29. The van der Waals surface area contributed by atoms with E-state index in [4.69, 9.17) is 5.73 Å². The molecule has 0 amide bonds. The molecule has 1 aromatic carbocycles. The summed E-state index contributed by atoms with van der Waals surface area (Å²) < 4.78 is 1.87. The molecule has 1 aromatic heterocycles. The summed E-state index contributed by atoms with van der Waals surface area (Å²) >= 11 is 0. The summed E-state index contributed by atoms with van der Waals surface area (Å²) in [4.78, 5) is 0. The largest absolute Gasteiger partial charge is 0.396 e. The summed E-state index contributed by atoms with van der Waals surface area (Å²) in [5.41, 5.74) is 7.54.